The minimum atomic E-state index is -0.726. The van der Waals surface area contributed by atoms with Crippen LogP contribution in [0, 0.1) is 18.3 Å². The highest BCUT2D eigenvalue weighted by Crippen LogP contribution is 2.27. The molecule has 0 aliphatic rings. The van der Waals surface area contributed by atoms with Crippen LogP contribution >= 0.6 is 15.9 Å². The maximum Gasteiger partial charge on any atom is 0.133 e. The van der Waals surface area contributed by atoms with Crippen LogP contribution < -0.4 is 4.74 Å². The normalized spacial score (nSPS) is 11.7. The highest BCUT2D eigenvalue weighted by Gasteiger charge is 2.10. The van der Waals surface area contributed by atoms with E-state index in [1.54, 1.807) is 24.3 Å². The SMILES string of the molecule is Cc1ccc(OCC(O)c2ccc(C#N)cc2)c(Br)c1. The molecule has 0 aliphatic carbocycles. The van der Waals surface area contributed by atoms with Crippen LogP contribution in [0.25, 0.3) is 0 Å². The second-order valence-corrected chi connectivity index (χ2v) is 5.35. The molecule has 3 nitrogen and oxygen atoms in total. The van der Waals surface area contributed by atoms with Gasteiger partial charge in [0.1, 0.15) is 18.5 Å². The number of nitriles is 1. The Morgan fingerprint density at radius 2 is 1.95 bits per heavy atom. The average molecular weight is 332 g/mol. The van der Waals surface area contributed by atoms with Crippen molar-refractivity contribution in [3.63, 3.8) is 0 Å². The van der Waals surface area contributed by atoms with Crippen molar-refractivity contribution in [1.82, 2.24) is 0 Å². The first-order valence-corrected chi connectivity index (χ1v) is 6.96. The molecule has 0 radical (unpaired) electrons. The smallest absolute Gasteiger partial charge is 0.133 e. The number of aliphatic hydroxyl groups is 1. The lowest BCUT2D eigenvalue weighted by molar-refractivity contribution is 0.108. The number of aliphatic hydroxyl groups excluding tert-OH is 1. The molecule has 0 aromatic heterocycles. The van der Waals surface area contributed by atoms with Crippen molar-refractivity contribution >= 4 is 15.9 Å². The van der Waals surface area contributed by atoms with Crippen molar-refractivity contribution < 1.29 is 9.84 Å². The summed E-state index contributed by atoms with van der Waals surface area (Å²) in [4.78, 5) is 0. The second-order valence-electron chi connectivity index (χ2n) is 4.49. The monoisotopic (exact) mass is 331 g/mol. The van der Waals surface area contributed by atoms with Gasteiger partial charge in [0, 0.05) is 0 Å². The fraction of sp³-hybridized carbons (Fsp3) is 0.188. The molecule has 1 N–H and O–H groups in total. The third kappa shape index (κ3) is 3.60. The van der Waals surface area contributed by atoms with Crippen LogP contribution in [0.4, 0.5) is 0 Å². The predicted octanol–water partition coefficient (Wildman–Crippen LogP) is 3.74. The molecule has 1 unspecified atom stereocenters. The fourth-order valence-electron chi connectivity index (χ4n) is 1.77. The van der Waals surface area contributed by atoms with Gasteiger partial charge in [0.05, 0.1) is 16.1 Å². The first-order chi connectivity index (χ1) is 9.60. The van der Waals surface area contributed by atoms with Crippen molar-refractivity contribution in [2.45, 2.75) is 13.0 Å². The van der Waals surface area contributed by atoms with Gasteiger partial charge in [-0.25, -0.2) is 0 Å². The predicted molar refractivity (Wildman–Crippen MR) is 80.5 cm³/mol. The summed E-state index contributed by atoms with van der Waals surface area (Å²) in [5.74, 6) is 0.697. The van der Waals surface area contributed by atoms with Gasteiger partial charge in [-0.05, 0) is 58.2 Å². The van der Waals surface area contributed by atoms with Gasteiger partial charge in [0.15, 0.2) is 0 Å². The molecule has 102 valence electrons. The number of aryl methyl sites for hydroxylation is 1. The molecule has 0 spiro atoms. The minimum absolute atomic E-state index is 0.160. The van der Waals surface area contributed by atoms with Crippen LogP contribution in [0.5, 0.6) is 5.75 Å². The summed E-state index contributed by atoms with van der Waals surface area (Å²) in [6.07, 6.45) is -0.726. The van der Waals surface area contributed by atoms with Gasteiger partial charge in [0.25, 0.3) is 0 Å². The lowest BCUT2D eigenvalue weighted by Crippen LogP contribution is -2.10. The van der Waals surface area contributed by atoms with E-state index in [0.29, 0.717) is 11.3 Å². The maximum absolute atomic E-state index is 10.1. The zero-order valence-corrected chi connectivity index (χ0v) is 12.6. The molecule has 20 heavy (non-hydrogen) atoms. The summed E-state index contributed by atoms with van der Waals surface area (Å²) < 4.78 is 6.47. The molecule has 0 aliphatic heterocycles. The third-order valence-electron chi connectivity index (χ3n) is 2.91. The summed E-state index contributed by atoms with van der Waals surface area (Å²) >= 11 is 3.43. The van der Waals surface area contributed by atoms with E-state index in [1.165, 1.54) is 0 Å². The van der Waals surface area contributed by atoms with Gasteiger partial charge >= 0.3 is 0 Å². The topological polar surface area (TPSA) is 53.2 Å². The molecular formula is C16H14BrNO2. The van der Waals surface area contributed by atoms with Crippen molar-refractivity contribution in [3.05, 3.63) is 63.6 Å². The summed E-state index contributed by atoms with van der Waals surface area (Å²) in [6, 6.07) is 14.7. The van der Waals surface area contributed by atoms with E-state index in [0.717, 1.165) is 15.6 Å². The third-order valence-corrected chi connectivity index (χ3v) is 3.53. The Labute approximate surface area is 126 Å². The number of hydrogen-bond acceptors (Lipinski definition) is 3. The minimum Gasteiger partial charge on any atom is -0.489 e. The summed E-state index contributed by atoms with van der Waals surface area (Å²) in [7, 11) is 0. The molecule has 0 bridgehead atoms. The van der Waals surface area contributed by atoms with E-state index in [-0.39, 0.29) is 6.61 Å². The largest absolute Gasteiger partial charge is 0.489 e. The van der Waals surface area contributed by atoms with Crippen molar-refractivity contribution in [2.75, 3.05) is 6.61 Å². The van der Waals surface area contributed by atoms with E-state index in [9.17, 15) is 5.11 Å². The zero-order chi connectivity index (χ0) is 14.5. The van der Waals surface area contributed by atoms with Crippen LogP contribution in [0.1, 0.15) is 22.8 Å². The van der Waals surface area contributed by atoms with Gasteiger partial charge in [-0.15, -0.1) is 0 Å². The van der Waals surface area contributed by atoms with Crippen molar-refractivity contribution in [3.8, 4) is 11.8 Å². The summed E-state index contributed by atoms with van der Waals surface area (Å²) in [6.45, 7) is 2.16. The number of rotatable bonds is 4. The molecule has 0 heterocycles. The summed E-state index contributed by atoms with van der Waals surface area (Å²) in [5.41, 5.74) is 2.44. The number of hydrogen-bond donors (Lipinski definition) is 1. The van der Waals surface area contributed by atoms with E-state index in [1.807, 2.05) is 31.2 Å². The molecule has 2 aromatic carbocycles. The van der Waals surface area contributed by atoms with Crippen molar-refractivity contribution in [1.29, 1.82) is 5.26 Å². The molecule has 2 rings (SSSR count). The van der Waals surface area contributed by atoms with E-state index >= 15 is 0 Å². The maximum atomic E-state index is 10.1. The Kier molecular flexibility index (Phi) is 4.78. The first-order valence-electron chi connectivity index (χ1n) is 6.17. The lowest BCUT2D eigenvalue weighted by Gasteiger charge is -2.14. The Hall–Kier alpha value is -1.83. The Balaban J connectivity index is 2.00. The average Bonchev–Trinajstić information content (AvgIpc) is 2.46. The molecule has 0 fully saturated rings. The number of halogens is 1. The fourth-order valence-corrected chi connectivity index (χ4v) is 2.38. The Morgan fingerprint density at radius 3 is 2.55 bits per heavy atom. The van der Waals surface area contributed by atoms with E-state index < -0.39 is 6.10 Å². The van der Waals surface area contributed by atoms with Crippen LogP contribution in [-0.4, -0.2) is 11.7 Å². The number of nitrogens with zero attached hydrogens (tertiary/aromatic N) is 1. The molecule has 4 heteroatoms. The van der Waals surface area contributed by atoms with Gasteiger partial charge < -0.3 is 9.84 Å². The Bertz CT molecular complexity index is 632. The molecule has 1 atom stereocenters. The second kappa shape index (κ2) is 6.56. The Morgan fingerprint density at radius 1 is 1.25 bits per heavy atom. The van der Waals surface area contributed by atoms with E-state index in [4.69, 9.17) is 10.00 Å². The molecule has 0 saturated heterocycles. The summed E-state index contributed by atoms with van der Waals surface area (Å²) in [5, 5.41) is 18.8. The van der Waals surface area contributed by atoms with Crippen LogP contribution in [0.3, 0.4) is 0 Å². The highest BCUT2D eigenvalue weighted by atomic mass is 79.9. The number of benzene rings is 2. The van der Waals surface area contributed by atoms with Gasteiger partial charge in [-0.1, -0.05) is 18.2 Å². The van der Waals surface area contributed by atoms with Gasteiger partial charge in [-0.2, -0.15) is 5.26 Å². The highest BCUT2D eigenvalue weighted by molar-refractivity contribution is 9.10. The van der Waals surface area contributed by atoms with Crippen molar-refractivity contribution in [2.24, 2.45) is 0 Å². The molecule has 2 aromatic rings. The number of ether oxygens (including phenoxy) is 1. The molecule has 0 amide bonds. The van der Waals surface area contributed by atoms with Gasteiger partial charge in [-0.3, -0.25) is 0 Å². The quantitative estimate of drug-likeness (QED) is 0.928. The van der Waals surface area contributed by atoms with Gasteiger partial charge in [0.2, 0.25) is 0 Å². The molecule has 0 saturated carbocycles. The zero-order valence-electron chi connectivity index (χ0n) is 11.0. The van der Waals surface area contributed by atoms with Crippen LogP contribution in [0.15, 0.2) is 46.9 Å². The van der Waals surface area contributed by atoms with Crippen LogP contribution in [0.2, 0.25) is 0 Å². The standard InChI is InChI=1S/C16H14BrNO2/c1-11-2-7-16(14(17)8-11)20-10-15(19)13-5-3-12(9-18)4-6-13/h2-8,15,19H,10H2,1H3. The van der Waals surface area contributed by atoms with Crippen LogP contribution in [-0.2, 0) is 0 Å². The molecular weight excluding hydrogens is 318 g/mol. The lowest BCUT2D eigenvalue weighted by atomic mass is 10.1. The first kappa shape index (κ1) is 14.6. The van der Waals surface area contributed by atoms with E-state index in [2.05, 4.69) is 15.9 Å².